The normalized spacial score (nSPS) is 20.1. The summed E-state index contributed by atoms with van der Waals surface area (Å²) in [5, 5.41) is 7.25. The monoisotopic (exact) mass is 243 g/mol. The van der Waals surface area contributed by atoms with Crippen molar-refractivity contribution in [2.75, 3.05) is 18.0 Å². The average Bonchev–Trinajstić information content (AvgIpc) is 2.86. The van der Waals surface area contributed by atoms with Gasteiger partial charge in [0.05, 0.1) is 6.20 Å². The molecule has 0 bridgehead atoms. The lowest BCUT2D eigenvalue weighted by Gasteiger charge is -2.32. The van der Waals surface area contributed by atoms with Crippen molar-refractivity contribution in [3.8, 4) is 0 Å². The van der Waals surface area contributed by atoms with Crippen LogP contribution in [0, 0.1) is 6.92 Å². The summed E-state index contributed by atoms with van der Waals surface area (Å²) in [5.74, 6) is 1.34. The van der Waals surface area contributed by atoms with E-state index in [4.69, 9.17) is 0 Å². The summed E-state index contributed by atoms with van der Waals surface area (Å²) in [7, 11) is 0. The minimum absolute atomic E-state index is 0.505. The van der Waals surface area contributed by atoms with E-state index in [2.05, 4.69) is 32.0 Å². The summed E-state index contributed by atoms with van der Waals surface area (Å²) < 4.78 is 0. The molecular weight excluding hydrogens is 226 g/mol. The fourth-order valence-corrected chi connectivity index (χ4v) is 2.62. The number of H-pyrrole nitrogens is 1. The van der Waals surface area contributed by atoms with Crippen LogP contribution in [0.25, 0.3) is 0 Å². The van der Waals surface area contributed by atoms with Gasteiger partial charge in [0, 0.05) is 37.1 Å². The summed E-state index contributed by atoms with van der Waals surface area (Å²) >= 11 is 0. The molecule has 0 aromatic carbocycles. The largest absolute Gasteiger partial charge is 0.340 e. The van der Waals surface area contributed by atoms with Crippen LogP contribution in [0.3, 0.4) is 0 Å². The molecule has 1 atom stereocenters. The van der Waals surface area contributed by atoms with Gasteiger partial charge in [-0.3, -0.25) is 5.10 Å². The highest BCUT2D eigenvalue weighted by molar-refractivity contribution is 5.32. The van der Waals surface area contributed by atoms with Gasteiger partial charge in [0.1, 0.15) is 0 Å². The van der Waals surface area contributed by atoms with Crippen LogP contribution in [0.2, 0.25) is 0 Å². The molecule has 0 saturated carbocycles. The molecule has 1 unspecified atom stereocenters. The molecule has 3 rings (SSSR count). The van der Waals surface area contributed by atoms with Gasteiger partial charge in [-0.2, -0.15) is 5.10 Å². The number of piperidine rings is 1. The molecule has 18 heavy (non-hydrogen) atoms. The van der Waals surface area contributed by atoms with E-state index in [0.717, 1.165) is 19.0 Å². The Morgan fingerprint density at radius 3 is 2.89 bits per heavy atom. The van der Waals surface area contributed by atoms with E-state index in [-0.39, 0.29) is 0 Å². The van der Waals surface area contributed by atoms with Gasteiger partial charge >= 0.3 is 0 Å². The van der Waals surface area contributed by atoms with Crippen molar-refractivity contribution in [3.63, 3.8) is 0 Å². The number of hydrogen-bond acceptors (Lipinski definition) is 4. The number of rotatable bonds is 2. The van der Waals surface area contributed by atoms with Crippen LogP contribution < -0.4 is 4.90 Å². The molecule has 0 amide bonds. The Hall–Kier alpha value is -1.91. The first-order valence-corrected chi connectivity index (χ1v) is 6.36. The third-order valence-corrected chi connectivity index (χ3v) is 3.53. The zero-order valence-electron chi connectivity index (χ0n) is 10.5. The van der Waals surface area contributed by atoms with Crippen molar-refractivity contribution in [1.82, 2.24) is 20.2 Å². The molecule has 1 fully saturated rings. The topological polar surface area (TPSA) is 57.7 Å². The van der Waals surface area contributed by atoms with Gasteiger partial charge in [0.25, 0.3) is 0 Å². The van der Waals surface area contributed by atoms with E-state index in [1.807, 2.05) is 12.3 Å². The highest BCUT2D eigenvalue weighted by Gasteiger charge is 2.24. The lowest BCUT2D eigenvalue weighted by molar-refractivity contribution is 0.493. The summed E-state index contributed by atoms with van der Waals surface area (Å²) in [6, 6.07) is 1.85. The average molecular weight is 243 g/mol. The summed E-state index contributed by atoms with van der Waals surface area (Å²) in [5.41, 5.74) is 2.51. The minimum Gasteiger partial charge on any atom is -0.340 e. The van der Waals surface area contributed by atoms with Gasteiger partial charge in [-0.15, -0.1) is 0 Å². The zero-order chi connectivity index (χ0) is 12.4. The van der Waals surface area contributed by atoms with E-state index in [0.29, 0.717) is 5.92 Å². The van der Waals surface area contributed by atoms with Crippen molar-refractivity contribution in [2.24, 2.45) is 0 Å². The third kappa shape index (κ3) is 2.08. The lowest BCUT2D eigenvalue weighted by Crippen LogP contribution is -2.35. The van der Waals surface area contributed by atoms with Gasteiger partial charge in [-0.1, -0.05) is 0 Å². The molecule has 0 spiro atoms. The van der Waals surface area contributed by atoms with Gasteiger partial charge in [-0.05, 0) is 31.4 Å². The maximum absolute atomic E-state index is 4.33. The van der Waals surface area contributed by atoms with E-state index in [1.165, 1.54) is 24.1 Å². The lowest BCUT2D eigenvalue weighted by atomic mass is 9.93. The molecule has 1 N–H and O–H groups in total. The number of aromatic amines is 1. The molecule has 1 aliphatic heterocycles. The van der Waals surface area contributed by atoms with E-state index in [9.17, 15) is 0 Å². The predicted octanol–water partition coefficient (Wildman–Crippen LogP) is 1.89. The molecule has 0 radical (unpaired) electrons. The Kier molecular flexibility index (Phi) is 2.96. The molecule has 0 aliphatic carbocycles. The van der Waals surface area contributed by atoms with E-state index in [1.54, 1.807) is 12.4 Å². The predicted molar refractivity (Wildman–Crippen MR) is 69.5 cm³/mol. The second-order valence-electron chi connectivity index (χ2n) is 4.80. The van der Waals surface area contributed by atoms with Crippen LogP contribution in [-0.4, -0.2) is 33.3 Å². The smallest absolute Gasteiger partial charge is 0.225 e. The Bertz CT molecular complexity index is 507. The number of hydrogen-bond donors (Lipinski definition) is 1. The third-order valence-electron chi connectivity index (χ3n) is 3.53. The Labute approximate surface area is 106 Å². The molecule has 1 saturated heterocycles. The van der Waals surface area contributed by atoms with Crippen molar-refractivity contribution in [1.29, 1.82) is 0 Å². The molecule has 2 aromatic heterocycles. The second kappa shape index (κ2) is 4.76. The van der Waals surface area contributed by atoms with Gasteiger partial charge in [0.15, 0.2) is 0 Å². The number of aromatic nitrogens is 4. The van der Waals surface area contributed by atoms with Gasteiger partial charge in [-0.25, -0.2) is 9.97 Å². The molecule has 2 aromatic rings. The number of nitrogens with one attached hydrogen (secondary N) is 1. The van der Waals surface area contributed by atoms with Crippen molar-refractivity contribution in [3.05, 3.63) is 35.9 Å². The fraction of sp³-hybridized carbons (Fsp3) is 0.462. The highest BCUT2D eigenvalue weighted by Crippen LogP contribution is 2.28. The molecule has 94 valence electrons. The first kappa shape index (κ1) is 11.2. The van der Waals surface area contributed by atoms with Crippen LogP contribution in [0.1, 0.15) is 30.0 Å². The van der Waals surface area contributed by atoms with Gasteiger partial charge < -0.3 is 4.90 Å². The summed E-state index contributed by atoms with van der Waals surface area (Å²) in [6.45, 7) is 4.11. The fourth-order valence-electron chi connectivity index (χ4n) is 2.62. The molecule has 5 nitrogen and oxygen atoms in total. The quantitative estimate of drug-likeness (QED) is 0.875. The van der Waals surface area contributed by atoms with Crippen LogP contribution >= 0.6 is 0 Å². The first-order chi connectivity index (χ1) is 8.84. The number of aryl methyl sites for hydroxylation is 1. The van der Waals surface area contributed by atoms with Crippen molar-refractivity contribution < 1.29 is 0 Å². The van der Waals surface area contributed by atoms with E-state index < -0.39 is 0 Å². The summed E-state index contributed by atoms with van der Waals surface area (Å²) in [4.78, 5) is 10.9. The zero-order valence-corrected chi connectivity index (χ0v) is 10.5. The second-order valence-corrected chi connectivity index (χ2v) is 4.80. The Morgan fingerprint density at radius 2 is 2.17 bits per heavy atom. The van der Waals surface area contributed by atoms with Crippen LogP contribution in [0.5, 0.6) is 0 Å². The number of nitrogens with zero attached hydrogens (tertiary/aromatic N) is 4. The SMILES string of the molecule is Cc1cn[nH]c1C1CCCN(c2ncccn2)C1. The molecule has 1 aliphatic rings. The highest BCUT2D eigenvalue weighted by atomic mass is 15.3. The van der Waals surface area contributed by atoms with Gasteiger partial charge in [0.2, 0.25) is 5.95 Å². The Morgan fingerprint density at radius 1 is 1.33 bits per heavy atom. The maximum atomic E-state index is 4.33. The van der Waals surface area contributed by atoms with Crippen molar-refractivity contribution >= 4 is 5.95 Å². The van der Waals surface area contributed by atoms with Crippen molar-refractivity contribution in [2.45, 2.75) is 25.7 Å². The Balaban J connectivity index is 1.79. The molecule has 5 heteroatoms. The standard InChI is InChI=1S/C13H17N5/c1-10-8-16-17-12(10)11-4-2-7-18(9-11)13-14-5-3-6-15-13/h3,5-6,8,11H,2,4,7,9H2,1H3,(H,16,17). The minimum atomic E-state index is 0.505. The van der Waals surface area contributed by atoms with Crippen LogP contribution in [-0.2, 0) is 0 Å². The maximum Gasteiger partial charge on any atom is 0.225 e. The van der Waals surface area contributed by atoms with Crippen LogP contribution in [0.15, 0.2) is 24.7 Å². The van der Waals surface area contributed by atoms with Crippen LogP contribution in [0.4, 0.5) is 5.95 Å². The molecule has 3 heterocycles. The first-order valence-electron chi connectivity index (χ1n) is 6.36. The molecular formula is C13H17N5. The number of anilines is 1. The summed E-state index contributed by atoms with van der Waals surface area (Å²) in [6.07, 6.45) is 7.86. The van der Waals surface area contributed by atoms with E-state index >= 15 is 0 Å².